The molecule has 1 amide bonds. The first-order chi connectivity index (χ1) is 9.36. The van der Waals surface area contributed by atoms with E-state index in [1.165, 1.54) is 25.3 Å². The van der Waals surface area contributed by atoms with Gasteiger partial charge in [-0.3, -0.25) is 19.7 Å². The third kappa shape index (κ3) is 4.02. The van der Waals surface area contributed by atoms with E-state index in [4.69, 9.17) is 0 Å². The highest BCUT2D eigenvalue weighted by atomic mass is 79.9. The molecule has 1 atom stereocenters. The summed E-state index contributed by atoms with van der Waals surface area (Å²) in [6.45, 7) is 1.61. The average Bonchev–Trinajstić information content (AvgIpc) is 2.43. The number of alkyl halides is 1. The molecule has 1 aromatic rings. The zero-order chi connectivity index (χ0) is 15.3. The highest BCUT2D eigenvalue weighted by Crippen LogP contribution is 2.19. The molecule has 108 valence electrons. The van der Waals surface area contributed by atoms with Crippen molar-refractivity contribution in [2.75, 3.05) is 13.7 Å². The van der Waals surface area contributed by atoms with E-state index in [1.54, 1.807) is 6.92 Å². The lowest BCUT2D eigenvalue weighted by Crippen LogP contribution is -2.33. The average molecular weight is 345 g/mol. The highest BCUT2D eigenvalue weighted by Gasteiger charge is 2.18. The minimum absolute atomic E-state index is 0.0210. The molecule has 0 aromatic heterocycles. The van der Waals surface area contributed by atoms with Crippen LogP contribution >= 0.6 is 15.9 Å². The second-order valence-electron chi connectivity index (χ2n) is 3.96. The molecule has 0 aliphatic rings. The van der Waals surface area contributed by atoms with Crippen molar-refractivity contribution in [3.05, 3.63) is 39.4 Å². The minimum atomic E-state index is -0.670. The van der Waals surface area contributed by atoms with Crippen molar-refractivity contribution in [1.29, 1.82) is 0 Å². The van der Waals surface area contributed by atoms with Crippen LogP contribution in [0.2, 0.25) is 0 Å². The number of carbonyl (C=O) groups excluding carboxylic acids is 2. The van der Waals surface area contributed by atoms with Crippen LogP contribution in [0.25, 0.3) is 0 Å². The van der Waals surface area contributed by atoms with Crippen LogP contribution in [0.4, 0.5) is 5.69 Å². The first-order valence-corrected chi connectivity index (χ1v) is 6.53. The molecule has 0 aliphatic heterocycles. The van der Waals surface area contributed by atoms with Gasteiger partial charge in [-0.05, 0) is 13.0 Å². The SMILES string of the molecule is COC(=O)C(Br)CNC(=O)c1ccc(C)c([N+](=O)[O-])c1. The highest BCUT2D eigenvalue weighted by molar-refractivity contribution is 9.10. The van der Waals surface area contributed by atoms with Gasteiger partial charge in [0.05, 0.1) is 12.0 Å². The van der Waals surface area contributed by atoms with Crippen molar-refractivity contribution in [3.63, 3.8) is 0 Å². The second-order valence-corrected chi connectivity index (χ2v) is 5.06. The van der Waals surface area contributed by atoms with Gasteiger partial charge < -0.3 is 10.1 Å². The fourth-order valence-corrected chi connectivity index (χ4v) is 1.79. The Morgan fingerprint density at radius 2 is 2.15 bits per heavy atom. The third-order valence-corrected chi connectivity index (χ3v) is 3.26. The van der Waals surface area contributed by atoms with Gasteiger partial charge in [-0.25, -0.2) is 0 Å². The van der Waals surface area contributed by atoms with Gasteiger partial charge in [0.2, 0.25) is 0 Å². The molecule has 1 rings (SSSR count). The van der Waals surface area contributed by atoms with Gasteiger partial charge in [0.15, 0.2) is 0 Å². The second kappa shape index (κ2) is 6.99. The molecule has 7 nitrogen and oxygen atoms in total. The zero-order valence-electron chi connectivity index (χ0n) is 10.9. The molecule has 0 radical (unpaired) electrons. The van der Waals surface area contributed by atoms with Crippen molar-refractivity contribution in [3.8, 4) is 0 Å². The van der Waals surface area contributed by atoms with Crippen LogP contribution in [-0.2, 0) is 9.53 Å². The van der Waals surface area contributed by atoms with Gasteiger partial charge in [0.25, 0.3) is 11.6 Å². The van der Waals surface area contributed by atoms with Gasteiger partial charge in [-0.1, -0.05) is 22.0 Å². The Morgan fingerprint density at radius 3 is 2.70 bits per heavy atom. The number of hydrogen-bond acceptors (Lipinski definition) is 5. The van der Waals surface area contributed by atoms with Crippen molar-refractivity contribution in [1.82, 2.24) is 5.32 Å². The lowest BCUT2D eigenvalue weighted by atomic mass is 10.1. The number of nitro benzene ring substituents is 1. The quantitative estimate of drug-likeness (QED) is 0.378. The predicted molar refractivity (Wildman–Crippen MR) is 74.9 cm³/mol. The molecule has 1 unspecified atom stereocenters. The molecular weight excluding hydrogens is 332 g/mol. The van der Waals surface area contributed by atoms with E-state index in [0.717, 1.165) is 0 Å². The summed E-state index contributed by atoms with van der Waals surface area (Å²) in [5.41, 5.74) is 0.507. The van der Waals surface area contributed by atoms with Crippen molar-refractivity contribution < 1.29 is 19.2 Å². The fourth-order valence-electron chi connectivity index (χ4n) is 1.44. The number of nitrogens with zero attached hydrogens (tertiary/aromatic N) is 1. The predicted octanol–water partition coefficient (Wildman–Crippen LogP) is 1.57. The Balaban J connectivity index is 2.76. The van der Waals surface area contributed by atoms with Crippen LogP contribution in [-0.4, -0.2) is 35.3 Å². The van der Waals surface area contributed by atoms with E-state index in [0.29, 0.717) is 5.56 Å². The van der Waals surface area contributed by atoms with Crippen LogP contribution in [0.5, 0.6) is 0 Å². The Labute approximate surface area is 123 Å². The summed E-state index contributed by atoms with van der Waals surface area (Å²) in [7, 11) is 1.24. The monoisotopic (exact) mass is 344 g/mol. The fraction of sp³-hybridized carbons (Fsp3) is 0.333. The van der Waals surface area contributed by atoms with Crippen LogP contribution in [0, 0.1) is 17.0 Å². The maximum Gasteiger partial charge on any atom is 0.321 e. The molecule has 0 fully saturated rings. The summed E-state index contributed by atoms with van der Waals surface area (Å²) in [5.74, 6) is -1.01. The number of aryl methyl sites for hydroxylation is 1. The van der Waals surface area contributed by atoms with Gasteiger partial charge >= 0.3 is 5.97 Å². The Kier molecular flexibility index (Phi) is 5.63. The number of amides is 1. The largest absolute Gasteiger partial charge is 0.468 e. The summed E-state index contributed by atoms with van der Waals surface area (Å²) < 4.78 is 4.49. The Bertz CT molecular complexity index is 547. The maximum absolute atomic E-state index is 11.8. The number of rotatable bonds is 5. The maximum atomic E-state index is 11.8. The summed E-state index contributed by atoms with van der Waals surface area (Å²) in [5, 5.41) is 13.3. The van der Waals surface area contributed by atoms with Gasteiger partial charge in [-0.2, -0.15) is 0 Å². The Hall–Kier alpha value is -1.96. The molecule has 1 N–H and O–H groups in total. The van der Waals surface area contributed by atoms with Crippen LogP contribution in [0.3, 0.4) is 0 Å². The van der Waals surface area contributed by atoms with E-state index in [2.05, 4.69) is 26.0 Å². The summed E-state index contributed by atoms with van der Waals surface area (Å²) in [6, 6.07) is 4.18. The summed E-state index contributed by atoms with van der Waals surface area (Å²) in [6.07, 6.45) is 0. The molecular formula is C12H13BrN2O5. The van der Waals surface area contributed by atoms with Crippen molar-refractivity contribution in [2.45, 2.75) is 11.8 Å². The first-order valence-electron chi connectivity index (χ1n) is 5.62. The van der Waals surface area contributed by atoms with E-state index < -0.39 is 21.6 Å². The molecule has 20 heavy (non-hydrogen) atoms. The topological polar surface area (TPSA) is 98.5 Å². The molecule has 0 saturated carbocycles. The molecule has 0 bridgehead atoms. The molecule has 1 aromatic carbocycles. The van der Waals surface area contributed by atoms with E-state index >= 15 is 0 Å². The van der Waals surface area contributed by atoms with E-state index in [1.807, 2.05) is 0 Å². The molecule has 0 saturated heterocycles. The first kappa shape index (κ1) is 16.1. The number of carbonyl (C=O) groups is 2. The lowest BCUT2D eigenvalue weighted by Gasteiger charge is -2.09. The van der Waals surface area contributed by atoms with Crippen LogP contribution < -0.4 is 5.32 Å². The number of ether oxygens (including phenoxy) is 1. The molecule has 0 aliphatic carbocycles. The molecule has 8 heteroatoms. The van der Waals surface area contributed by atoms with Gasteiger partial charge in [0, 0.05) is 23.7 Å². The molecule has 0 spiro atoms. The Morgan fingerprint density at radius 1 is 1.50 bits per heavy atom. The zero-order valence-corrected chi connectivity index (χ0v) is 12.5. The third-order valence-electron chi connectivity index (χ3n) is 2.57. The number of nitro groups is 1. The smallest absolute Gasteiger partial charge is 0.321 e. The van der Waals surface area contributed by atoms with Gasteiger partial charge in [-0.15, -0.1) is 0 Å². The summed E-state index contributed by atoms with van der Waals surface area (Å²) >= 11 is 3.06. The number of halogens is 1. The number of benzene rings is 1. The molecule has 0 heterocycles. The van der Waals surface area contributed by atoms with E-state index in [-0.39, 0.29) is 17.8 Å². The van der Waals surface area contributed by atoms with Crippen molar-refractivity contribution >= 4 is 33.5 Å². The van der Waals surface area contributed by atoms with Gasteiger partial charge in [0.1, 0.15) is 4.83 Å². The number of nitrogens with one attached hydrogen (secondary N) is 1. The van der Waals surface area contributed by atoms with Crippen LogP contribution in [0.15, 0.2) is 18.2 Å². The minimum Gasteiger partial charge on any atom is -0.468 e. The normalized spacial score (nSPS) is 11.6. The number of hydrogen-bond donors (Lipinski definition) is 1. The lowest BCUT2D eigenvalue weighted by molar-refractivity contribution is -0.385. The van der Waals surface area contributed by atoms with Crippen molar-refractivity contribution in [2.24, 2.45) is 0 Å². The van der Waals surface area contributed by atoms with E-state index in [9.17, 15) is 19.7 Å². The van der Waals surface area contributed by atoms with Crippen LogP contribution in [0.1, 0.15) is 15.9 Å². The number of methoxy groups -OCH3 is 1. The standard InChI is InChI=1S/C12H13BrN2O5/c1-7-3-4-8(5-10(7)15(18)19)11(16)14-6-9(13)12(17)20-2/h3-5,9H,6H2,1-2H3,(H,14,16). The number of esters is 1. The summed E-state index contributed by atoms with van der Waals surface area (Å²) in [4.78, 5) is 32.6.